The molecular formula is C11H16N2. The van der Waals surface area contributed by atoms with Crippen LogP contribution >= 0.6 is 0 Å². The predicted molar refractivity (Wildman–Crippen MR) is 53.6 cm³/mol. The maximum atomic E-state index is 4.44. The third-order valence-corrected chi connectivity index (χ3v) is 2.60. The molecule has 2 nitrogen and oxygen atoms in total. The van der Waals surface area contributed by atoms with Crippen molar-refractivity contribution in [3.63, 3.8) is 0 Å². The molecule has 0 amide bonds. The quantitative estimate of drug-likeness (QED) is 0.709. The summed E-state index contributed by atoms with van der Waals surface area (Å²) in [4.78, 5) is 4.44. The summed E-state index contributed by atoms with van der Waals surface area (Å²) in [6.07, 6.45) is 5.82. The van der Waals surface area contributed by atoms with Crippen LogP contribution in [-0.4, -0.2) is 11.5 Å². The normalized spacial score (nSPS) is 23.0. The number of nitrogens with zero attached hydrogens (tertiary/aromatic N) is 1. The van der Waals surface area contributed by atoms with E-state index in [9.17, 15) is 0 Å². The number of rotatable bonds is 1. The molecule has 0 unspecified atom stereocenters. The van der Waals surface area contributed by atoms with Gasteiger partial charge < -0.3 is 5.32 Å². The van der Waals surface area contributed by atoms with Gasteiger partial charge in [-0.2, -0.15) is 0 Å². The van der Waals surface area contributed by atoms with E-state index in [1.807, 2.05) is 6.20 Å². The highest BCUT2D eigenvalue weighted by atomic mass is 14.9. The van der Waals surface area contributed by atoms with Crippen LogP contribution in [0.4, 0.5) is 0 Å². The summed E-state index contributed by atoms with van der Waals surface area (Å²) in [5.74, 6) is 0. The second-order valence-corrected chi connectivity index (χ2v) is 3.76. The highest BCUT2D eigenvalue weighted by Gasteiger charge is 2.14. The Morgan fingerprint density at radius 3 is 2.92 bits per heavy atom. The van der Waals surface area contributed by atoms with Gasteiger partial charge in [0.1, 0.15) is 0 Å². The molecule has 70 valence electrons. The van der Waals surface area contributed by atoms with Crippen LogP contribution in [0.1, 0.15) is 36.6 Å². The SMILES string of the molecule is Cc1ccc([C@H]2CCCCN2)nc1. The molecule has 1 aliphatic rings. The van der Waals surface area contributed by atoms with E-state index in [1.54, 1.807) is 0 Å². The lowest BCUT2D eigenvalue weighted by Gasteiger charge is -2.22. The van der Waals surface area contributed by atoms with E-state index in [4.69, 9.17) is 0 Å². The molecule has 0 bridgehead atoms. The van der Waals surface area contributed by atoms with Crippen molar-refractivity contribution in [3.05, 3.63) is 29.6 Å². The van der Waals surface area contributed by atoms with Crippen molar-refractivity contribution in [1.29, 1.82) is 0 Å². The molecule has 2 heteroatoms. The zero-order valence-corrected chi connectivity index (χ0v) is 8.09. The summed E-state index contributed by atoms with van der Waals surface area (Å²) >= 11 is 0. The third-order valence-electron chi connectivity index (χ3n) is 2.60. The largest absolute Gasteiger partial charge is 0.309 e. The highest BCUT2D eigenvalue weighted by molar-refractivity contribution is 5.15. The van der Waals surface area contributed by atoms with Crippen LogP contribution in [0.25, 0.3) is 0 Å². The van der Waals surface area contributed by atoms with E-state index < -0.39 is 0 Å². The van der Waals surface area contributed by atoms with Crippen LogP contribution < -0.4 is 5.32 Å². The van der Waals surface area contributed by atoms with Crippen LogP contribution in [0.15, 0.2) is 18.3 Å². The van der Waals surface area contributed by atoms with Crippen LogP contribution in [0, 0.1) is 6.92 Å². The summed E-state index contributed by atoms with van der Waals surface area (Å²) < 4.78 is 0. The molecule has 0 aromatic carbocycles. The predicted octanol–water partition coefficient (Wildman–Crippen LogP) is 2.20. The third kappa shape index (κ3) is 2.07. The smallest absolute Gasteiger partial charge is 0.0573 e. The molecule has 0 saturated carbocycles. The first kappa shape index (κ1) is 8.70. The fourth-order valence-electron chi connectivity index (χ4n) is 1.79. The number of hydrogen-bond donors (Lipinski definition) is 1. The summed E-state index contributed by atoms with van der Waals surface area (Å²) in [6.45, 7) is 3.21. The highest BCUT2D eigenvalue weighted by Crippen LogP contribution is 2.20. The number of aromatic nitrogens is 1. The average Bonchev–Trinajstić information content (AvgIpc) is 2.20. The first-order chi connectivity index (χ1) is 6.36. The van der Waals surface area contributed by atoms with Crippen molar-refractivity contribution in [3.8, 4) is 0 Å². The number of aryl methyl sites for hydroxylation is 1. The van der Waals surface area contributed by atoms with Crippen molar-refractivity contribution >= 4 is 0 Å². The minimum Gasteiger partial charge on any atom is -0.309 e. The maximum absolute atomic E-state index is 4.44. The van der Waals surface area contributed by atoms with Crippen molar-refractivity contribution in [2.45, 2.75) is 32.2 Å². The zero-order valence-electron chi connectivity index (χ0n) is 8.09. The molecule has 1 aromatic rings. The molecule has 1 atom stereocenters. The Kier molecular flexibility index (Phi) is 2.60. The molecule has 1 N–H and O–H groups in total. The number of pyridine rings is 1. The van der Waals surface area contributed by atoms with Gasteiger partial charge in [0.05, 0.1) is 5.69 Å². The fourth-order valence-corrected chi connectivity index (χ4v) is 1.79. The van der Waals surface area contributed by atoms with E-state index in [2.05, 4.69) is 29.4 Å². The van der Waals surface area contributed by atoms with E-state index in [-0.39, 0.29) is 0 Å². The molecular weight excluding hydrogens is 160 g/mol. The molecule has 1 aliphatic heterocycles. The van der Waals surface area contributed by atoms with Crippen LogP contribution in [0.3, 0.4) is 0 Å². The maximum Gasteiger partial charge on any atom is 0.0573 e. The zero-order chi connectivity index (χ0) is 9.10. The topological polar surface area (TPSA) is 24.9 Å². The van der Waals surface area contributed by atoms with E-state index in [0.29, 0.717) is 6.04 Å². The number of piperidine rings is 1. The minimum absolute atomic E-state index is 0.495. The van der Waals surface area contributed by atoms with Crippen molar-refractivity contribution in [2.24, 2.45) is 0 Å². The van der Waals surface area contributed by atoms with E-state index in [0.717, 1.165) is 6.54 Å². The Bertz CT molecular complexity index is 260. The van der Waals surface area contributed by atoms with Crippen molar-refractivity contribution in [1.82, 2.24) is 10.3 Å². The fraction of sp³-hybridized carbons (Fsp3) is 0.545. The van der Waals surface area contributed by atoms with Crippen LogP contribution in [-0.2, 0) is 0 Å². The Labute approximate surface area is 79.4 Å². The Hall–Kier alpha value is -0.890. The van der Waals surface area contributed by atoms with Gasteiger partial charge in [-0.05, 0) is 37.9 Å². The van der Waals surface area contributed by atoms with E-state index >= 15 is 0 Å². The lowest BCUT2D eigenvalue weighted by Crippen LogP contribution is -2.27. The molecule has 2 rings (SSSR count). The molecule has 0 radical (unpaired) electrons. The lowest BCUT2D eigenvalue weighted by atomic mass is 10.0. The Balaban J connectivity index is 2.10. The molecule has 1 saturated heterocycles. The second-order valence-electron chi connectivity index (χ2n) is 3.76. The first-order valence-electron chi connectivity index (χ1n) is 5.02. The molecule has 2 heterocycles. The number of hydrogen-bond acceptors (Lipinski definition) is 2. The summed E-state index contributed by atoms with van der Waals surface area (Å²) in [7, 11) is 0. The monoisotopic (exact) mass is 176 g/mol. The summed E-state index contributed by atoms with van der Waals surface area (Å²) in [6, 6.07) is 4.77. The Morgan fingerprint density at radius 2 is 2.31 bits per heavy atom. The average molecular weight is 176 g/mol. The van der Waals surface area contributed by atoms with Gasteiger partial charge >= 0.3 is 0 Å². The second kappa shape index (κ2) is 3.88. The van der Waals surface area contributed by atoms with Gasteiger partial charge in [0, 0.05) is 12.2 Å². The van der Waals surface area contributed by atoms with Crippen molar-refractivity contribution in [2.75, 3.05) is 6.54 Å². The van der Waals surface area contributed by atoms with Crippen molar-refractivity contribution < 1.29 is 0 Å². The summed E-state index contributed by atoms with van der Waals surface area (Å²) in [5.41, 5.74) is 2.44. The Morgan fingerprint density at radius 1 is 1.38 bits per heavy atom. The molecule has 1 aromatic heterocycles. The van der Waals surface area contributed by atoms with Crippen LogP contribution in [0.5, 0.6) is 0 Å². The molecule has 1 fully saturated rings. The van der Waals surface area contributed by atoms with Crippen LogP contribution in [0.2, 0.25) is 0 Å². The minimum atomic E-state index is 0.495. The number of nitrogens with one attached hydrogen (secondary N) is 1. The van der Waals surface area contributed by atoms with Gasteiger partial charge in [-0.25, -0.2) is 0 Å². The van der Waals surface area contributed by atoms with Gasteiger partial charge in [0.25, 0.3) is 0 Å². The van der Waals surface area contributed by atoms with Gasteiger partial charge in [0.2, 0.25) is 0 Å². The molecule has 0 aliphatic carbocycles. The standard InChI is InChI=1S/C11H16N2/c1-9-5-6-11(13-8-9)10-4-2-3-7-12-10/h5-6,8,10,12H,2-4,7H2,1H3/t10-/m1/s1. The van der Waals surface area contributed by atoms with Gasteiger partial charge in [-0.1, -0.05) is 12.5 Å². The van der Waals surface area contributed by atoms with E-state index in [1.165, 1.54) is 30.5 Å². The first-order valence-corrected chi connectivity index (χ1v) is 5.02. The van der Waals surface area contributed by atoms with Gasteiger partial charge in [0.15, 0.2) is 0 Å². The van der Waals surface area contributed by atoms with Gasteiger partial charge in [-0.3, -0.25) is 4.98 Å². The summed E-state index contributed by atoms with van der Waals surface area (Å²) in [5, 5.41) is 3.49. The van der Waals surface area contributed by atoms with Gasteiger partial charge in [-0.15, -0.1) is 0 Å². The molecule has 13 heavy (non-hydrogen) atoms. The molecule has 0 spiro atoms. The lowest BCUT2D eigenvalue weighted by molar-refractivity contribution is 0.405.